The molecule has 0 aliphatic rings. The third-order valence-electron chi connectivity index (χ3n) is 12.4. The molecule has 0 aromatic rings. The van der Waals surface area contributed by atoms with Crippen molar-refractivity contribution in [1.82, 2.24) is 5.32 Å². The fourth-order valence-electron chi connectivity index (χ4n) is 8.18. The molecule has 2 atom stereocenters. The number of aliphatic hydroxyl groups excluding tert-OH is 2. The first-order valence-electron chi connectivity index (χ1n) is 27.8. The third kappa shape index (κ3) is 50.6. The summed E-state index contributed by atoms with van der Waals surface area (Å²) < 4.78 is 0. The lowest BCUT2D eigenvalue weighted by Crippen LogP contribution is -2.45. The average molecular weight is 891 g/mol. The van der Waals surface area contributed by atoms with Gasteiger partial charge in [0.2, 0.25) is 5.91 Å². The van der Waals surface area contributed by atoms with Crippen LogP contribution in [0.2, 0.25) is 0 Å². The Morgan fingerprint density at radius 1 is 0.391 bits per heavy atom. The Bertz CT molecular complexity index is 1150. The number of rotatable bonds is 50. The van der Waals surface area contributed by atoms with Gasteiger partial charge >= 0.3 is 0 Å². The smallest absolute Gasteiger partial charge is 0.220 e. The Hall–Kier alpha value is -2.43. The first-order chi connectivity index (χ1) is 31.7. The predicted octanol–water partition coefficient (Wildman–Crippen LogP) is 18.4. The summed E-state index contributed by atoms with van der Waals surface area (Å²) in [7, 11) is 0. The lowest BCUT2D eigenvalue weighted by Gasteiger charge is -2.20. The van der Waals surface area contributed by atoms with Crippen molar-refractivity contribution in [2.45, 2.75) is 283 Å². The van der Waals surface area contributed by atoms with E-state index in [2.05, 4.69) is 92.1 Å². The molecule has 0 spiro atoms. The molecule has 0 aromatic carbocycles. The normalized spacial score (nSPS) is 13.5. The summed E-state index contributed by atoms with van der Waals surface area (Å²) in [5.74, 6) is -0.0889. The highest BCUT2D eigenvalue weighted by atomic mass is 16.3. The number of allylic oxidation sites excluding steroid dienone is 13. The zero-order valence-corrected chi connectivity index (χ0v) is 42.5. The number of nitrogens with one attached hydrogen (secondary N) is 1. The second kappa shape index (κ2) is 54.9. The number of carbonyl (C=O) groups excluding carboxylic acids is 1. The van der Waals surface area contributed by atoms with Gasteiger partial charge in [-0.25, -0.2) is 0 Å². The molecule has 64 heavy (non-hydrogen) atoms. The topological polar surface area (TPSA) is 69.6 Å². The molecule has 0 aliphatic heterocycles. The van der Waals surface area contributed by atoms with Crippen molar-refractivity contribution < 1.29 is 15.0 Å². The minimum absolute atomic E-state index is 0.0889. The van der Waals surface area contributed by atoms with Crippen molar-refractivity contribution in [3.63, 3.8) is 0 Å². The monoisotopic (exact) mass is 890 g/mol. The number of hydrogen-bond acceptors (Lipinski definition) is 3. The Morgan fingerprint density at radius 3 is 1.03 bits per heavy atom. The van der Waals surface area contributed by atoms with E-state index in [4.69, 9.17) is 0 Å². The minimum Gasteiger partial charge on any atom is -0.394 e. The van der Waals surface area contributed by atoms with Gasteiger partial charge in [0.1, 0.15) is 0 Å². The summed E-state index contributed by atoms with van der Waals surface area (Å²) in [6.07, 6.45) is 80.3. The molecule has 0 saturated heterocycles. The zero-order chi connectivity index (χ0) is 46.3. The van der Waals surface area contributed by atoms with E-state index < -0.39 is 12.1 Å². The molecule has 0 fully saturated rings. The van der Waals surface area contributed by atoms with E-state index in [9.17, 15) is 15.0 Å². The van der Waals surface area contributed by atoms with E-state index in [0.717, 1.165) is 83.5 Å². The van der Waals surface area contributed by atoms with Gasteiger partial charge < -0.3 is 15.5 Å². The van der Waals surface area contributed by atoms with Gasteiger partial charge in [-0.1, -0.05) is 279 Å². The Labute approximate surface area is 399 Å². The first-order valence-corrected chi connectivity index (χ1v) is 27.8. The molecular weight excluding hydrogens is 783 g/mol. The second-order valence-electron chi connectivity index (χ2n) is 18.6. The van der Waals surface area contributed by atoms with Crippen LogP contribution in [0.25, 0.3) is 0 Å². The van der Waals surface area contributed by atoms with Gasteiger partial charge in [-0.05, 0) is 70.6 Å². The van der Waals surface area contributed by atoms with Crippen LogP contribution in [0.4, 0.5) is 0 Å². The molecule has 0 heterocycles. The Morgan fingerprint density at radius 2 is 0.688 bits per heavy atom. The van der Waals surface area contributed by atoms with Crippen molar-refractivity contribution in [1.29, 1.82) is 0 Å². The third-order valence-corrected chi connectivity index (χ3v) is 12.4. The molecule has 4 nitrogen and oxygen atoms in total. The molecule has 0 saturated carbocycles. The number of unbranched alkanes of at least 4 members (excludes halogenated alkanes) is 31. The highest BCUT2D eigenvalue weighted by molar-refractivity contribution is 5.76. The molecule has 1 amide bonds. The van der Waals surface area contributed by atoms with Crippen molar-refractivity contribution in [2.24, 2.45) is 0 Å². The van der Waals surface area contributed by atoms with E-state index in [1.807, 2.05) is 6.08 Å². The van der Waals surface area contributed by atoms with Crippen molar-refractivity contribution in [3.8, 4) is 0 Å². The summed E-state index contributed by atoms with van der Waals surface area (Å²) >= 11 is 0. The number of aliphatic hydroxyl groups is 2. The van der Waals surface area contributed by atoms with E-state index in [1.165, 1.54) is 167 Å². The van der Waals surface area contributed by atoms with Gasteiger partial charge in [-0.2, -0.15) is 0 Å². The summed E-state index contributed by atoms with van der Waals surface area (Å²) in [6, 6.07) is -0.643. The van der Waals surface area contributed by atoms with Gasteiger partial charge in [0.15, 0.2) is 0 Å². The van der Waals surface area contributed by atoms with Crippen molar-refractivity contribution in [3.05, 3.63) is 85.1 Å². The van der Waals surface area contributed by atoms with Crippen LogP contribution in [0.1, 0.15) is 271 Å². The van der Waals surface area contributed by atoms with E-state index in [0.29, 0.717) is 6.42 Å². The fourth-order valence-corrected chi connectivity index (χ4v) is 8.18. The van der Waals surface area contributed by atoms with Gasteiger partial charge in [-0.3, -0.25) is 4.79 Å². The summed E-state index contributed by atoms with van der Waals surface area (Å²) in [4.78, 5) is 12.5. The van der Waals surface area contributed by atoms with Crippen LogP contribution in [0.3, 0.4) is 0 Å². The summed E-state index contributed by atoms with van der Waals surface area (Å²) in [5, 5.41) is 23.2. The first kappa shape index (κ1) is 61.6. The highest BCUT2D eigenvalue weighted by Gasteiger charge is 2.18. The lowest BCUT2D eigenvalue weighted by atomic mass is 10.0. The molecule has 0 aliphatic carbocycles. The summed E-state index contributed by atoms with van der Waals surface area (Å²) in [5.41, 5.74) is 0. The van der Waals surface area contributed by atoms with Crippen LogP contribution in [0, 0.1) is 0 Å². The molecule has 0 aromatic heterocycles. The van der Waals surface area contributed by atoms with Crippen LogP contribution in [-0.4, -0.2) is 34.9 Å². The Balaban J connectivity index is 3.56. The van der Waals surface area contributed by atoms with Gasteiger partial charge in [-0.15, -0.1) is 0 Å². The molecule has 0 rings (SSSR count). The van der Waals surface area contributed by atoms with Crippen molar-refractivity contribution in [2.75, 3.05) is 6.61 Å². The lowest BCUT2D eigenvalue weighted by molar-refractivity contribution is -0.123. The number of hydrogen-bond donors (Lipinski definition) is 3. The molecule has 3 N–H and O–H groups in total. The van der Waals surface area contributed by atoms with E-state index >= 15 is 0 Å². The maximum absolute atomic E-state index is 12.5. The van der Waals surface area contributed by atoms with Gasteiger partial charge in [0.25, 0.3) is 0 Å². The molecule has 4 heteroatoms. The highest BCUT2D eigenvalue weighted by Crippen LogP contribution is 2.17. The number of amides is 1. The minimum atomic E-state index is -0.857. The SMILES string of the molecule is CC/C=C\C/C=C\C/C=C\C/C=C\C/C=C\C/C=C\CCCCCCC(=O)NC(CO)C(O)/C=C/CCCCCCCCCCCCCCCCCCCCCCCCCCCCC. The molecule has 2 unspecified atom stereocenters. The van der Waals surface area contributed by atoms with Crippen LogP contribution < -0.4 is 5.32 Å². The predicted molar refractivity (Wildman–Crippen MR) is 285 cm³/mol. The quantitative estimate of drug-likeness (QED) is 0.0421. The molecule has 0 bridgehead atoms. The van der Waals surface area contributed by atoms with Gasteiger partial charge in [0.05, 0.1) is 18.8 Å². The molecule has 370 valence electrons. The van der Waals surface area contributed by atoms with Crippen LogP contribution in [0.15, 0.2) is 85.1 Å². The van der Waals surface area contributed by atoms with Crippen LogP contribution in [-0.2, 0) is 4.79 Å². The summed E-state index contributed by atoms with van der Waals surface area (Å²) in [6.45, 7) is 4.20. The standard InChI is InChI=1S/C60H107NO3/c1-3-5-7-9-11-13-15-17-19-21-23-25-27-28-29-30-31-32-34-35-37-39-41-43-45-47-49-51-53-55-59(63)58(57-62)61-60(64)56-54-52-50-48-46-44-42-40-38-36-33-26-24-22-20-18-16-14-12-10-8-6-4-2/h6,8,12,14,18,20,24,26,36,38,42,44,53,55,58-59,62-63H,3-5,7,9-11,13,15-17,19,21-23,25,27-35,37,39-41,43,45-52,54,56-57H2,1-2H3,(H,61,64)/b8-6-,14-12-,20-18-,26-24-,38-36-,44-42-,55-53+. The van der Waals surface area contributed by atoms with Crippen LogP contribution >= 0.6 is 0 Å². The maximum Gasteiger partial charge on any atom is 0.220 e. The molecule has 0 radical (unpaired) electrons. The van der Waals surface area contributed by atoms with Gasteiger partial charge in [0, 0.05) is 6.42 Å². The largest absolute Gasteiger partial charge is 0.394 e. The second-order valence-corrected chi connectivity index (χ2v) is 18.6. The number of carbonyl (C=O) groups is 1. The Kier molecular flexibility index (Phi) is 52.8. The van der Waals surface area contributed by atoms with Crippen molar-refractivity contribution >= 4 is 5.91 Å². The van der Waals surface area contributed by atoms with E-state index in [1.54, 1.807) is 6.08 Å². The maximum atomic E-state index is 12.5. The average Bonchev–Trinajstić information content (AvgIpc) is 3.30. The van der Waals surface area contributed by atoms with Crippen LogP contribution in [0.5, 0.6) is 0 Å². The van der Waals surface area contributed by atoms with E-state index in [-0.39, 0.29) is 12.5 Å². The zero-order valence-electron chi connectivity index (χ0n) is 42.5. The fraction of sp³-hybridized carbons (Fsp3) is 0.750. The molecular formula is C60H107NO3.